The lowest BCUT2D eigenvalue weighted by atomic mass is 9.39. The summed E-state index contributed by atoms with van der Waals surface area (Å²) >= 11 is 0. The Morgan fingerprint density at radius 2 is 1.73 bits per heavy atom. The van der Waals surface area contributed by atoms with Gasteiger partial charge in [0.15, 0.2) is 17.5 Å². The van der Waals surface area contributed by atoms with Gasteiger partial charge in [0.2, 0.25) is 0 Å². The summed E-state index contributed by atoms with van der Waals surface area (Å²) < 4.78 is 19.0. The van der Waals surface area contributed by atoms with Crippen molar-refractivity contribution in [2.24, 2.45) is 16.7 Å². The first-order chi connectivity index (χ1) is 18.4. The Morgan fingerprint density at radius 1 is 1.12 bits per heavy atom. The second-order valence-corrected chi connectivity index (χ2v) is 13.3. The number of hydrogen-bond acceptors (Lipinski definition) is 9. The van der Waals surface area contributed by atoms with Gasteiger partial charge in [-0.2, -0.15) is 0 Å². The highest BCUT2D eigenvalue weighted by atomic mass is 16.6. The van der Waals surface area contributed by atoms with E-state index in [-0.39, 0.29) is 12.8 Å². The van der Waals surface area contributed by atoms with Crippen molar-refractivity contribution in [2.75, 3.05) is 33.7 Å². The standard InChI is InChI=1S/C30H50N2O8/c1-11-27(6)18-20(34)30(37)28(7)19(33)14-16-26(4,5)23(28)22(38-21(35)15-17-31(9)10)24(29(30,8)40-27)39-25(36)32(12-2)13-3/h11,19,22-24,33,37H,1,12-18H2,2-10H3/t19-,22-,23-,24-,27-,28-,29+,30-/m0/s1. The fourth-order valence-electron chi connectivity index (χ4n) is 7.75. The molecule has 3 aliphatic rings. The third-order valence-electron chi connectivity index (χ3n) is 9.98. The van der Waals surface area contributed by atoms with E-state index in [1.807, 2.05) is 46.7 Å². The minimum atomic E-state index is -2.27. The van der Waals surface area contributed by atoms with Crippen molar-refractivity contribution >= 4 is 17.8 Å². The first-order valence-corrected chi connectivity index (χ1v) is 14.5. The maximum Gasteiger partial charge on any atom is 0.410 e. The number of aliphatic hydroxyl groups is 2. The number of aliphatic hydroxyl groups excluding tert-OH is 1. The second-order valence-electron chi connectivity index (χ2n) is 13.3. The quantitative estimate of drug-likeness (QED) is 0.337. The van der Waals surface area contributed by atoms with Crippen LogP contribution in [0.2, 0.25) is 0 Å². The summed E-state index contributed by atoms with van der Waals surface area (Å²) in [7, 11) is 3.69. The van der Waals surface area contributed by atoms with Crippen molar-refractivity contribution in [3.05, 3.63) is 12.7 Å². The summed E-state index contributed by atoms with van der Waals surface area (Å²) in [6.07, 6.45) is -1.99. The Morgan fingerprint density at radius 3 is 2.25 bits per heavy atom. The molecule has 10 heteroatoms. The minimum absolute atomic E-state index is 0.0811. The smallest absolute Gasteiger partial charge is 0.410 e. The van der Waals surface area contributed by atoms with Crippen LogP contribution in [0, 0.1) is 16.7 Å². The number of carbonyl (C=O) groups excluding carboxylic acids is 3. The summed E-state index contributed by atoms with van der Waals surface area (Å²) in [4.78, 5) is 44.3. The SMILES string of the molecule is C=C[C@@]1(C)CC(=O)[C@]2(O)[C@@]3(C)[C@@H](O)CCC(C)(C)[C@@H]3[C@H](OC(=O)CCN(C)C)[C@H](OC(=O)N(CC)CC)[C@@]2(C)O1. The molecule has 0 radical (unpaired) electrons. The van der Waals surface area contributed by atoms with E-state index in [0.717, 1.165) is 0 Å². The fraction of sp³-hybridized carbons (Fsp3) is 0.833. The number of hydrogen-bond donors (Lipinski definition) is 2. The predicted octanol–water partition coefficient (Wildman–Crippen LogP) is 2.94. The van der Waals surface area contributed by atoms with Gasteiger partial charge in [-0.15, -0.1) is 6.58 Å². The maximum absolute atomic E-state index is 14.2. The lowest BCUT2D eigenvalue weighted by molar-refractivity contribution is -0.369. The second kappa shape index (κ2) is 11.0. The highest BCUT2D eigenvalue weighted by Gasteiger charge is 2.82. The average Bonchev–Trinajstić information content (AvgIpc) is 2.86. The molecule has 0 bridgehead atoms. The molecule has 2 aliphatic carbocycles. The number of esters is 1. The monoisotopic (exact) mass is 566 g/mol. The van der Waals surface area contributed by atoms with E-state index >= 15 is 0 Å². The highest BCUT2D eigenvalue weighted by molar-refractivity contribution is 5.92. The van der Waals surface area contributed by atoms with Crippen molar-refractivity contribution < 1.29 is 38.8 Å². The predicted molar refractivity (Wildman–Crippen MR) is 150 cm³/mol. The Kier molecular flexibility index (Phi) is 8.94. The molecule has 2 N–H and O–H groups in total. The molecule has 1 saturated heterocycles. The number of Topliss-reactive ketones (excluding diaryl/α,β-unsaturated/α-hetero) is 1. The number of ether oxygens (including phenoxy) is 3. The van der Waals surface area contributed by atoms with Gasteiger partial charge in [0.05, 0.1) is 18.1 Å². The van der Waals surface area contributed by atoms with Crippen molar-refractivity contribution in [2.45, 2.75) is 109 Å². The molecule has 3 fully saturated rings. The van der Waals surface area contributed by atoms with Gasteiger partial charge in [-0.3, -0.25) is 9.59 Å². The average molecular weight is 567 g/mol. The van der Waals surface area contributed by atoms with Crippen LogP contribution >= 0.6 is 0 Å². The number of rotatable bonds is 8. The molecule has 2 saturated carbocycles. The van der Waals surface area contributed by atoms with E-state index in [9.17, 15) is 24.6 Å². The first kappa shape index (κ1) is 32.5. The van der Waals surface area contributed by atoms with E-state index < -0.39 is 69.7 Å². The molecule has 8 atom stereocenters. The molecule has 1 amide bonds. The van der Waals surface area contributed by atoms with Crippen molar-refractivity contribution in [1.29, 1.82) is 0 Å². The van der Waals surface area contributed by atoms with Gasteiger partial charge >= 0.3 is 12.1 Å². The molecule has 0 unspecified atom stereocenters. The van der Waals surface area contributed by atoms with Crippen LogP contribution in [0.3, 0.4) is 0 Å². The van der Waals surface area contributed by atoms with Crippen molar-refractivity contribution in [3.8, 4) is 0 Å². The molecule has 0 aromatic heterocycles. The molecular formula is C30H50N2O8. The summed E-state index contributed by atoms with van der Waals surface area (Å²) in [5, 5.41) is 24.4. The highest BCUT2D eigenvalue weighted by Crippen LogP contribution is 2.67. The summed E-state index contributed by atoms with van der Waals surface area (Å²) in [5.74, 6) is -1.79. The Labute approximate surface area is 239 Å². The molecule has 228 valence electrons. The van der Waals surface area contributed by atoms with Crippen LogP contribution in [0.1, 0.15) is 74.1 Å². The molecule has 1 heterocycles. The first-order valence-electron chi connectivity index (χ1n) is 14.5. The van der Waals surface area contributed by atoms with Gasteiger partial charge in [0.25, 0.3) is 0 Å². The molecule has 40 heavy (non-hydrogen) atoms. The van der Waals surface area contributed by atoms with E-state index in [0.29, 0.717) is 32.5 Å². The molecule has 3 rings (SSSR count). The fourth-order valence-corrected chi connectivity index (χ4v) is 7.75. The van der Waals surface area contributed by atoms with E-state index in [1.54, 1.807) is 13.8 Å². The number of nitrogens with zero attached hydrogens (tertiary/aromatic N) is 2. The molecule has 0 aromatic rings. The number of carbonyl (C=O) groups is 3. The molecule has 10 nitrogen and oxygen atoms in total. The topological polar surface area (TPSA) is 126 Å². The molecule has 0 spiro atoms. The van der Waals surface area contributed by atoms with Crippen LogP contribution in [0.25, 0.3) is 0 Å². The van der Waals surface area contributed by atoms with E-state index in [1.165, 1.54) is 17.9 Å². The van der Waals surface area contributed by atoms with Crippen LogP contribution in [-0.2, 0) is 23.8 Å². The van der Waals surface area contributed by atoms with E-state index in [2.05, 4.69) is 6.58 Å². The van der Waals surface area contributed by atoms with Crippen molar-refractivity contribution in [3.63, 3.8) is 0 Å². The Hall–Kier alpha value is -2.01. The lowest BCUT2D eigenvalue weighted by Crippen LogP contribution is -2.87. The van der Waals surface area contributed by atoms with E-state index in [4.69, 9.17) is 14.2 Å². The van der Waals surface area contributed by atoms with Crippen LogP contribution < -0.4 is 0 Å². The van der Waals surface area contributed by atoms with Gasteiger partial charge in [-0.1, -0.05) is 26.8 Å². The lowest BCUT2D eigenvalue weighted by Gasteiger charge is -2.71. The zero-order valence-corrected chi connectivity index (χ0v) is 25.8. The third-order valence-corrected chi connectivity index (χ3v) is 9.98. The van der Waals surface area contributed by atoms with Crippen LogP contribution in [0.15, 0.2) is 12.7 Å². The van der Waals surface area contributed by atoms with Crippen LogP contribution in [-0.4, -0.2) is 107 Å². The number of fused-ring (bicyclic) bond motifs is 3. The Bertz CT molecular complexity index is 1010. The summed E-state index contributed by atoms with van der Waals surface area (Å²) in [5.41, 5.74) is -7.47. The Balaban J connectivity index is 2.32. The minimum Gasteiger partial charge on any atom is -0.458 e. The van der Waals surface area contributed by atoms with Gasteiger partial charge in [-0.05, 0) is 60.0 Å². The van der Waals surface area contributed by atoms with Gasteiger partial charge < -0.3 is 34.2 Å². The molecular weight excluding hydrogens is 516 g/mol. The third kappa shape index (κ3) is 4.88. The van der Waals surface area contributed by atoms with Gasteiger partial charge in [-0.25, -0.2) is 4.79 Å². The summed E-state index contributed by atoms with van der Waals surface area (Å²) in [6, 6.07) is 0. The number of ketones is 1. The largest absolute Gasteiger partial charge is 0.458 e. The van der Waals surface area contributed by atoms with Gasteiger partial charge in [0, 0.05) is 37.4 Å². The normalized spacial score (nSPS) is 40.5. The zero-order chi connectivity index (χ0) is 30.5. The molecule has 0 aromatic carbocycles. The zero-order valence-electron chi connectivity index (χ0n) is 25.8. The summed E-state index contributed by atoms with van der Waals surface area (Å²) in [6.45, 7) is 17.5. The molecule has 1 aliphatic heterocycles. The maximum atomic E-state index is 14.2. The van der Waals surface area contributed by atoms with Crippen molar-refractivity contribution in [1.82, 2.24) is 9.80 Å². The van der Waals surface area contributed by atoms with Crippen LogP contribution in [0.4, 0.5) is 4.79 Å². The number of amides is 1. The van der Waals surface area contributed by atoms with Gasteiger partial charge in [0.1, 0.15) is 11.7 Å². The van der Waals surface area contributed by atoms with Crippen LogP contribution in [0.5, 0.6) is 0 Å².